The van der Waals surface area contributed by atoms with Crippen LogP contribution in [0.4, 0.5) is 0 Å². The minimum atomic E-state index is -0.382. The smallest absolute Gasteiger partial charge is 0.0730 e. The first-order chi connectivity index (χ1) is 7.50. The largest absolute Gasteiger partial charge is 0.317 e. The van der Waals surface area contributed by atoms with E-state index in [2.05, 4.69) is 57.2 Å². The number of aryl methyl sites for hydroxylation is 2. The van der Waals surface area contributed by atoms with Crippen LogP contribution in [0.2, 0.25) is 0 Å². The van der Waals surface area contributed by atoms with E-state index in [0.29, 0.717) is 0 Å². The SMILES string of the molecule is Cc1ccc(C(C)(N)c2ccc(C)s2)cc1. The molecule has 0 saturated heterocycles. The van der Waals surface area contributed by atoms with Crippen molar-refractivity contribution >= 4 is 11.3 Å². The molecule has 16 heavy (non-hydrogen) atoms. The molecule has 0 saturated carbocycles. The quantitative estimate of drug-likeness (QED) is 0.840. The molecule has 1 aromatic carbocycles. The van der Waals surface area contributed by atoms with Crippen LogP contribution in [0.5, 0.6) is 0 Å². The van der Waals surface area contributed by atoms with Gasteiger partial charge in [0.05, 0.1) is 5.54 Å². The highest BCUT2D eigenvalue weighted by Gasteiger charge is 2.24. The zero-order chi connectivity index (χ0) is 11.8. The molecule has 2 rings (SSSR count). The molecule has 0 spiro atoms. The van der Waals surface area contributed by atoms with Crippen LogP contribution >= 0.6 is 11.3 Å². The van der Waals surface area contributed by atoms with E-state index in [1.165, 1.54) is 20.9 Å². The fourth-order valence-electron chi connectivity index (χ4n) is 1.76. The summed E-state index contributed by atoms with van der Waals surface area (Å²) in [5.74, 6) is 0. The first-order valence-electron chi connectivity index (χ1n) is 5.43. The Balaban J connectivity index is 2.42. The average molecular weight is 231 g/mol. The van der Waals surface area contributed by atoms with Gasteiger partial charge in [-0.15, -0.1) is 11.3 Å². The van der Waals surface area contributed by atoms with E-state index in [-0.39, 0.29) is 5.54 Å². The molecule has 0 radical (unpaired) electrons. The number of nitrogens with two attached hydrogens (primary N) is 1. The third kappa shape index (κ3) is 2.04. The van der Waals surface area contributed by atoms with Gasteiger partial charge in [0.1, 0.15) is 0 Å². The number of rotatable bonds is 2. The van der Waals surface area contributed by atoms with Crippen LogP contribution in [0.25, 0.3) is 0 Å². The van der Waals surface area contributed by atoms with Crippen LogP contribution in [-0.4, -0.2) is 0 Å². The molecule has 0 aliphatic rings. The predicted octanol–water partition coefficient (Wildman–Crippen LogP) is 3.59. The van der Waals surface area contributed by atoms with Crippen molar-refractivity contribution in [3.63, 3.8) is 0 Å². The van der Waals surface area contributed by atoms with Gasteiger partial charge in [0.15, 0.2) is 0 Å². The highest BCUT2D eigenvalue weighted by Crippen LogP contribution is 2.31. The molecule has 1 atom stereocenters. The summed E-state index contributed by atoms with van der Waals surface area (Å²) in [6, 6.07) is 12.7. The lowest BCUT2D eigenvalue weighted by atomic mass is 9.91. The van der Waals surface area contributed by atoms with Gasteiger partial charge in [0.2, 0.25) is 0 Å². The Kier molecular flexibility index (Phi) is 2.87. The van der Waals surface area contributed by atoms with Gasteiger partial charge in [-0.2, -0.15) is 0 Å². The Morgan fingerprint density at radius 1 is 1.00 bits per heavy atom. The van der Waals surface area contributed by atoms with Crippen LogP contribution in [0.15, 0.2) is 36.4 Å². The molecular weight excluding hydrogens is 214 g/mol. The number of benzene rings is 1. The van der Waals surface area contributed by atoms with E-state index in [4.69, 9.17) is 5.73 Å². The summed E-state index contributed by atoms with van der Waals surface area (Å²) in [4.78, 5) is 2.52. The number of hydrogen-bond donors (Lipinski definition) is 1. The first-order valence-corrected chi connectivity index (χ1v) is 6.25. The highest BCUT2D eigenvalue weighted by atomic mass is 32.1. The molecule has 2 aromatic rings. The third-order valence-corrected chi connectivity index (χ3v) is 4.14. The van der Waals surface area contributed by atoms with Crippen molar-refractivity contribution in [2.24, 2.45) is 5.73 Å². The Labute approximate surface area is 101 Å². The summed E-state index contributed by atoms with van der Waals surface area (Å²) in [7, 11) is 0. The first kappa shape index (κ1) is 11.4. The second-order valence-corrected chi connectivity index (χ2v) is 5.77. The minimum absolute atomic E-state index is 0.382. The molecule has 1 heterocycles. The molecule has 2 heteroatoms. The number of thiophene rings is 1. The van der Waals surface area contributed by atoms with E-state index < -0.39 is 0 Å². The summed E-state index contributed by atoms with van der Waals surface area (Å²) in [6.45, 7) is 6.27. The zero-order valence-electron chi connectivity index (χ0n) is 9.95. The standard InChI is InChI=1S/C14H17NS/c1-10-4-7-12(8-5-10)14(3,15)13-9-6-11(2)16-13/h4-9H,15H2,1-3H3. The Bertz CT molecular complexity index is 480. The van der Waals surface area contributed by atoms with Gasteiger partial charge in [-0.25, -0.2) is 0 Å². The van der Waals surface area contributed by atoms with Crippen molar-refractivity contribution in [3.05, 3.63) is 57.3 Å². The Morgan fingerprint density at radius 3 is 2.12 bits per heavy atom. The molecule has 0 bridgehead atoms. The molecule has 0 aliphatic carbocycles. The topological polar surface area (TPSA) is 26.0 Å². The molecule has 0 amide bonds. The molecule has 1 unspecified atom stereocenters. The van der Waals surface area contributed by atoms with Gasteiger partial charge in [-0.05, 0) is 38.5 Å². The van der Waals surface area contributed by atoms with Crippen molar-refractivity contribution in [2.45, 2.75) is 26.3 Å². The van der Waals surface area contributed by atoms with Gasteiger partial charge in [-0.1, -0.05) is 29.8 Å². The van der Waals surface area contributed by atoms with Gasteiger partial charge < -0.3 is 5.73 Å². The summed E-state index contributed by atoms with van der Waals surface area (Å²) >= 11 is 1.77. The normalized spacial score (nSPS) is 14.8. The molecular formula is C14H17NS. The highest BCUT2D eigenvalue weighted by molar-refractivity contribution is 7.12. The molecule has 0 fully saturated rings. The monoisotopic (exact) mass is 231 g/mol. The van der Waals surface area contributed by atoms with Crippen LogP contribution in [-0.2, 0) is 5.54 Å². The van der Waals surface area contributed by atoms with E-state index in [0.717, 1.165) is 0 Å². The van der Waals surface area contributed by atoms with E-state index in [1.54, 1.807) is 11.3 Å². The average Bonchev–Trinajstić information content (AvgIpc) is 2.66. The lowest BCUT2D eigenvalue weighted by Crippen LogP contribution is -2.33. The summed E-state index contributed by atoms with van der Waals surface area (Å²) < 4.78 is 0. The van der Waals surface area contributed by atoms with Gasteiger partial charge in [0, 0.05) is 9.75 Å². The van der Waals surface area contributed by atoms with E-state index in [9.17, 15) is 0 Å². The summed E-state index contributed by atoms with van der Waals surface area (Å²) in [5.41, 5.74) is 8.48. The second kappa shape index (κ2) is 4.04. The summed E-state index contributed by atoms with van der Waals surface area (Å²) in [6.07, 6.45) is 0. The maximum absolute atomic E-state index is 6.43. The van der Waals surface area contributed by atoms with Gasteiger partial charge in [-0.3, -0.25) is 0 Å². The van der Waals surface area contributed by atoms with Crippen molar-refractivity contribution in [1.82, 2.24) is 0 Å². The maximum Gasteiger partial charge on any atom is 0.0730 e. The van der Waals surface area contributed by atoms with Crippen molar-refractivity contribution < 1.29 is 0 Å². The minimum Gasteiger partial charge on any atom is -0.317 e. The summed E-state index contributed by atoms with van der Waals surface area (Å²) in [5, 5.41) is 0. The van der Waals surface area contributed by atoms with Crippen LogP contribution in [0, 0.1) is 13.8 Å². The van der Waals surface area contributed by atoms with Gasteiger partial charge >= 0.3 is 0 Å². The van der Waals surface area contributed by atoms with E-state index in [1.807, 2.05) is 0 Å². The van der Waals surface area contributed by atoms with Crippen molar-refractivity contribution in [3.8, 4) is 0 Å². The third-order valence-electron chi connectivity index (χ3n) is 2.90. The molecule has 84 valence electrons. The van der Waals surface area contributed by atoms with Crippen molar-refractivity contribution in [2.75, 3.05) is 0 Å². The van der Waals surface area contributed by atoms with Crippen molar-refractivity contribution in [1.29, 1.82) is 0 Å². The zero-order valence-corrected chi connectivity index (χ0v) is 10.8. The van der Waals surface area contributed by atoms with Crippen LogP contribution in [0.1, 0.15) is 27.8 Å². The fraction of sp³-hybridized carbons (Fsp3) is 0.286. The molecule has 2 N–H and O–H groups in total. The maximum atomic E-state index is 6.43. The molecule has 1 aromatic heterocycles. The van der Waals surface area contributed by atoms with E-state index >= 15 is 0 Å². The van der Waals surface area contributed by atoms with Crippen LogP contribution < -0.4 is 5.73 Å². The molecule has 0 aliphatic heterocycles. The Morgan fingerprint density at radius 2 is 1.62 bits per heavy atom. The second-order valence-electron chi connectivity index (χ2n) is 4.48. The predicted molar refractivity (Wildman–Crippen MR) is 70.9 cm³/mol. The number of hydrogen-bond acceptors (Lipinski definition) is 2. The lowest BCUT2D eigenvalue weighted by Gasteiger charge is -2.24. The molecule has 1 nitrogen and oxygen atoms in total. The van der Waals surface area contributed by atoms with Crippen LogP contribution in [0.3, 0.4) is 0 Å². The lowest BCUT2D eigenvalue weighted by molar-refractivity contribution is 0.616. The fourth-order valence-corrected chi connectivity index (χ4v) is 2.70. The van der Waals surface area contributed by atoms with Gasteiger partial charge in [0.25, 0.3) is 0 Å². The Hall–Kier alpha value is -1.12.